The van der Waals surface area contributed by atoms with Gasteiger partial charge in [-0.15, -0.1) is 0 Å². The number of aromatic carboxylic acids is 1. The monoisotopic (exact) mass is 279 g/mol. The van der Waals surface area contributed by atoms with Gasteiger partial charge in [0.1, 0.15) is 0 Å². The summed E-state index contributed by atoms with van der Waals surface area (Å²) in [5.41, 5.74) is 0.940. The molecule has 2 saturated carbocycles. The number of halogens is 1. The van der Waals surface area contributed by atoms with E-state index in [2.05, 4.69) is 5.32 Å². The van der Waals surface area contributed by atoms with Gasteiger partial charge in [0.05, 0.1) is 11.3 Å². The summed E-state index contributed by atoms with van der Waals surface area (Å²) in [4.78, 5) is 11.2. The SMILES string of the molecule is O=C(O)c1ccc(Cl)cc1NCC1CC2CCC1C2. The van der Waals surface area contributed by atoms with Crippen LogP contribution in [0.3, 0.4) is 0 Å². The van der Waals surface area contributed by atoms with Crippen LogP contribution in [0, 0.1) is 17.8 Å². The Morgan fingerprint density at radius 2 is 2.21 bits per heavy atom. The van der Waals surface area contributed by atoms with Gasteiger partial charge in [0.15, 0.2) is 0 Å². The molecule has 2 aliphatic rings. The summed E-state index contributed by atoms with van der Waals surface area (Å²) in [6.07, 6.45) is 5.39. The summed E-state index contributed by atoms with van der Waals surface area (Å²) in [6, 6.07) is 4.89. The summed E-state index contributed by atoms with van der Waals surface area (Å²) in [5.74, 6) is 1.53. The highest BCUT2D eigenvalue weighted by molar-refractivity contribution is 6.31. The van der Waals surface area contributed by atoms with Crippen LogP contribution in [0.15, 0.2) is 18.2 Å². The maximum atomic E-state index is 11.2. The van der Waals surface area contributed by atoms with Crippen molar-refractivity contribution in [3.05, 3.63) is 28.8 Å². The Morgan fingerprint density at radius 1 is 1.37 bits per heavy atom. The molecule has 2 bridgehead atoms. The number of anilines is 1. The molecule has 0 saturated heterocycles. The summed E-state index contributed by atoms with van der Waals surface area (Å²) in [7, 11) is 0. The van der Waals surface area contributed by atoms with Crippen molar-refractivity contribution < 1.29 is 9.90 Å². The van der Waals surface area contributed by atoms with Crippen molar-refractivity contribution in [2.45, 2.75) is 25.7 Å². The average molecular weight is 280 g/mol. The fourth-order valence-electron chi connectivity index (χ4n) is 3.72. The van der Waals surface area contributed by atoms with E-state index in [-0.39, 0.29) is 0 Å². The molecule has 19 heavy (non-hydrogen) atoms. The predicted molar refractivity (Wildman–Crippen MR) is 75.8 cm³/mol. The zero-order valence-corrected chi connectivity index (χ0v) is 11.5. The van der Waals surface area contributed by atoms with Crippen LogP contribution in [0.2, 0.25) is 5.02 Å². The summed E-state index contributed by atoms with van der Waals surface area (Å²) >= 11 is 5.95. The van der Waals surface area contributed by atoms with Crippen LogP contribution in [0.1, 0.15) is 36.0 Å². The lowest BCUT2D eigenvalue weighted by Crippen LogP contribution is -2.21. The molecular formula is C15H18ClNO2. The number of hydrogen-bond donors (Lipinski definition) is 2. The number of nitrogens with one attached hydrogen (secondary N) is 1. The van der Waals surface area contributed by atoms with Crippen molar-refractivity contribution in [3.8, 4) is 0 Å². The van der Waals surface area contributed by atoms with Gasteiger partial charge in [-0.1, -0.05) is 18.0 Å². The zero-order chi connectivity index (χ0) is 13.4. The van der Waals surface area contributed by atoms with Crippen molar-refractivity contribution in [2.24, 2.45) is 17.8 Å². The first-order valence-corrected chi connectivity index (χ1v) is 7.28. The molecule has 3 atom stereocenters. The zero-order valence-electron chi connectivity index (χ0n) is 10.7. The van der Waals surface area contributed by atoms with Gasteiger partial charge in [0.2, 0.25) is 0 Å². The second kappa shape index (κ2) is 5.04. The first-order valence-electron chi connectivity index (χ1n) is 6.90. The molecule has 3 unspecified atom stereocenters. The molecule has 2 fully saturated rings. The highest BCUT2D eigenvalue weighted by atomic mass is 35.5. The van der Waals surface area contributed by atoms with E-state index < -0.39 is 5.97 Å². The number of benzene rings is 1. The molecule has 2 aliphatic carbocycles. The van der Waals surface area contributed by atoms with Crippen LogP contribution in [0.4, 0.5) is 5.69 Å². The molecule has 2 N–H and O–H groups in total. The van der Waals surface area contributed by atoms with E-state index in [1.54, 1.807) is 18.2 Å². The first kappa shape index (κ1) is 12.8. The maximum absolute atomic E-state index is 11.2. The molecule has 0 amide bonds. The lowest BCUT2D eigenvalue weighted by molar-refractivity contribution is 0.0698. The fourth-order valence-corrected chi connectivity index (χ4v) is 3.89. The van der Waals surface area contributed by atoms with Crippen LogP contribution >= 0.6 is 11.6 Å². The highest BCUT2D eigenvalue weighted by Crippen LogP contribution is 2.48. The Balaban J connectivity index is 1.69. The third-order valence-electron chi connectivity index (χ3n) is 4.65. The molecule has 4 heteroatoms. The lowest BCUT2D eigenvalue weighted by atomic mass is 9.89. The van der Waals surface area contributed by atoms with E-state index >= 15 is 0 Å². The quantitative estimate of drug-likeness (QED) is 0.879. The average Bonchev–Trinajstić information content (AvgIpc) is 2.98. The Kier molecular flexibility index (Phi) is 3.40. The third-order valence-corrected chi connectivity index (χ3v) is 4.89. The molecule has 1 aromatic carbocycles. The molecule has 3 nitrogen and oxygen atoms in total. The molecular weight excluding hydrogens is 262 g/mol. The van der Waals surface area contributed by atoms with Crippen molar-refractivity contribution in [3.63, 3.8) is 0 Å². The lowest BCUT2D eigenvalue weighted by Gasteiger charge is -2.23. The minimum atomic E-state index is -0.910. The van der Waals surface area contributed by atoms with Crippen LogP contribution in [-0.4, -0.2) is 17.6 Å². The number of carbonyl (C=O) groups is 1. The summed E-state index contributed by atoms with van der Waals surface area (Å²) in [5, 5.41) is 13.0. The maximum Gasteiger partial charge on any atom is 0.337 e. The van der Waals surface area contributed by atoms with Crippen molar-refractivity contribution >= 4 is 23.3 Å². The number of carboxylic acids is 1. The smallest absolute Gasteiger partial charge is 0.337 e. The largest absolute Gasteiger partial charge is 0.478 e. The number of fused-ring (bicyclic) bond motifs is 2. The Labute approximate surface area is 118 Å². The van der Waals surface area contributed by atoms with E-state index in [0.717, 1.165) is 18.4 Å². The number of hydrogen-bond acceptors (Lipinski definition) is 2. The van der Waals surface area contributed by atoms with Gasteiger partial charge in [-0.05, 0) is 55.2 Å². The molecule has 0 aliphatic heterocycles. The molecule has 0 aromatic heterocycles. The highest BCUT2D eigenvalue weighted by Gasteiger charge is 2.39. The van der Waals surface area contributed by atoms with E-state index in [0.29, 0.717) is 22.2 Å². The van der Waals surface area contributed by atoms with Gasteiger partial charge in [-0.2, -0.15) is 0 Å². The van der Waals surface area contributed by atoms with Gasteiger partial charge in [-0.3, -0.25) is 0 Å². The molecule has 0 radical (unpaired) electrons. The third kappa shape index (κ3) is 2.57. The van der Waals surface area contributed by atoms with E-state index in [9.17, 15) is 9.90 Å². The van der Waals surface area contributed by atoms with Crippen molar-refractivity contribution in [2.75, 3.05) is 11.9 Å². The van der Waals surface area contributed by atoms with Crippen LogP contribution < -0.4 is 5.32 Å². The molecule has 0 heterocycles. The molecule has 102 valence electrons. The topological polar surface area (TPSA) is 49.3 Å². The summed E-state index contributed by atoms with van der Waals surface area (Å²) in [6.45, 7) is 0.863. The van der Waals surface area contributed by atoms with Crippen LogP contribution in [0.25, 0.3) is 0 Å². The number of carboxylic acid groups (broad SMARTS) is 1. The standard InChI is InChI=1S/C15H18ClNO2/c16-12-3-4-13(15(18)19)14(7-12)17-8-11-6-9-1-2-10(11)5-9/h3-4,7,9-11,17H,1-2,5-6,8H2,(H,18,19). The van der Waals surface area contributed by atoms with Crippen LogP contribution in [0.5, 0.6) is 0 Å². The Bertz CT molecular complexity index is 503. The van der Waals surface area contributed by atoms with Crippen LogP contribution in [-0.2, 0) is 0 Å². The number of rotatable bonds is 4. The summed E-state index contributed by atoms with van der Waals surface area (Å²) < 4.78 is 0. The first-order chi connectivity index (χ1) is 9.13. The van der Waals surface area contributed by atoms with Gasteiger partial charge in [0.25, 0.3) is 0 Å². The fraction of sp³-hybridized carbons (Fsp3) is 0.533. The Hall–Kier alpha value is -1.22. The van der Waals surface area contributed by atoms with Crippen molar-refractivity contribution in [1.29, 1.82) is 0 Å². The van der Waals surface area contributed by atoms with Gasteiger partial charge in [0, 0.05) is 11.6 Å². The molecule has 1 aromatic rings. The second-order valence-electron chi connectivity index (χ2n) is 5.81. The molecule has 3 rings (SSSR count). The van der Waals surface area contributed by atoms with Gasteiger partial charge < -0.3 is 10.4 Å². The van der Waals surface area contributed by atoms with Gasteiger partial charge in [-0.25, -0.2) is 4.79 Å². The normalized spacial score (nSPS) is 28.6. The van der Waals surface area contributed by atoms with Crippen molar-refractivity contribution in [1.82, 2.24) is 0 Å². The van der Waals surface area contributed by atoms with E-state index in [1.807, 2.05) is 0 Å². The minimum absolute atomic E-state index is 0.299. The van der Waals surface area contributed by atoms with E-state index in [1.165, 1.54) is 25.7 Å². The minimum Gasteiger partial charge on any atom is -0.478 e. The Morgan fingerprint density at radius 3 is 2.84 bits per heavy atom. The predicted octanol–water partition coefficient (Wildman–Crippen LogP) is 3.89. The second-order valence-corrected chi connectivity index (χ2v) is 6.25. The molecule has 0 spiro atoms. The van der Waals surface area contributed by atoms with E-state index in [4.69, 9.17) is 11.6 Å². The van der Waals surface area contributed by atoms with Gasteiger partial charge >= 0.3 is 5.97 Å².